The molecule has 0 aliphatic carbocycles. The van der Waals surface area contributed by atoms with E-state index in [0.29, 0.717) is 19.5 Å². The lowest BCUT2D eigenvalue weighted by Crippen LogP contribution is -1.91. The maximum atomic E-state index is 9.62. The molecule has 0 fully saturated rings. The Hall–Kier alpha value is -3.42. The van der Waals surface area contributed by atoms with Crippen LogP contribution in [0.5, 0.6) is 34.5 Å². The second-order valence-electron chi connectivity index (χ2n) is 5.23. The number of nitrogens with zero attached hydrogens (tertiary/aromatic N) is 2. The van der Waals surface area contributed by atoms with Gasteiger partial charge in [0, 0.05) is 48.8 Å². The molecule has 0 atom stereocenters. The second-order valence-corrected chi connectivity index (χ2v) is 5.23. The van der Waals surface area contributed by atoms with Crippen molar-refractivity contribution in [2.45, 2.75) is 6.42 Å². The molecule has 2 aromatic rings. The summed E-state index contributed by atoms with van der Waals surface area (Å²) in [6.45, 7) is 0.759. The molecule has 8 nitrogen and oxygen atoms in total. The summed E-state index contributed by atoms with van der Waals surface area (Å²) in [5.74, 6) is -1.95. The second kappa shape index (κ2) is 7.91. The number of benzene rings is 2. The van der Waals surface area contributed by atoms with Crippen LogP contribution < -0.4 is 0 Å². The summed E-state index contributed by atoms with van der Waals surface area (Å²) in [7, 11) is 0. The first-order chi connectivity index (χ1) is 11.9. The summed E-state index contributed by atoms with van der Waals surface area (Å²) in [5.41, 5.74) is 0.391. The zero-order valence-corrected chi connectivity index (χ0v) is 13.2. The van der Waals surface area contributed by atoms with E-state index in [1.807, 2.05) is 0 Å². The van der Waals surface area contributed by atoms with Gasteiger partial charge < -0.3 is 30.6 Å². The minimum Gasteiger partial charge on any atom is -0.508 e. The molecule has 0 unspecified atom stereocenters. The largest absolute Gasteiger partial charge is 0.508 e. The number of rotatable bonds is 6. The van der Waals surface area contributed by atoms with Crippen molar-refractivity contribution >= 4 is 12.4 Å². The van der Waals surface area contributed by atoms with Gasteiger partial charge in [-0.1, -0.05) is 0 Å². The van der Waals surface area contributed by atoms with Gasteiger partial charge in [0.25, 0.3) is 0 Å². The Bertz CT molecular complexity index is 750. The maximum Gasteiger partial charge on any atom is 0.166 e. The number of aromatic hydroxyl groups is 6. The smallest absolute Gasteiger partial charge is 0.166 e. The Morgan fingerprint density at radius 2 is 1.04 bits per heavy atom. The molecule has 0 amide bonds. The van der Waals surface area contributed by atoms with E-state index in [1.54, 1.807) is 0 Å². The molecule has 0 aliphatic rings. The molecule has 0 aliphatic heterocycles. The van der Waals surface area contributed by atoms with Crippen LogP contribution in [-0.4, -0.2) is 56.2 Å². The third-order valence-electron chi connectivity index (χ3n) is 3.24. The molecule has 0 spiro atoms. The lowest BCUT2D eigenvalue weighted by molar-refractivity contribution is 0.396. The van der Waals surface area contributed by atoms with Crippen molar-refractivity contribution in [2.24, 2.45) is 9.98 Å². The van der Waals surface area contributed by atoms with E-state index in [2.05, 4.69) is 9.98 Å². The van der Waals surface area contributed by atoms with Gasteiger partial charge in [-0.05, 0) is 18.6 Å². The van der Waals surface area contributed by atoms with Gasteiger partial charge in [-0.25, -0.2) is 0 Å². The lowest BCUT2D eigenvalue weighted by atomic mass is 10.2. The lowest BCUT2D eigenvalue weighted by Gasteiger charge is -2.03. The first kappa shape index (κ1) is 17.9. The molecule has 0 radical (unpaired) electrons. The fraction of sp³-hybridized carbons (Fsp3) is 0.176. The van der Waals surface area contributed by atoms with Crippen molar-refractivity contribution < 1.29 is 30.6 Å². The standard InChI is InChI=1S/C17H18N2O6/c20-12-4-10(16(24)14(22)6-12)8-18-2-1-3-19-9-11-5-13(21)7-15(23)17(11)25/h4-9,20-25H,1-3H2. The van der Waals surface area contributed by atoms with E-state index in [1.165, 1.54) is 24.6 Å². The minimum absolute atomic E-state index is 0.185. The number of hydrogen-bond donors (Lipinski definition) is 6. The van der Waals surface area contributed by atoms with Crippen LogP contribution in [0.1, 0.15) is 17.5 Å². The highest BCUT2D eigenvalue weighted by Crippen LogP contribution is 2.32. The first-order valence-corrected chi connectivity index (χ1v) is 7.38. The quantitative estimate of drug-likeness (QED) is 0.204. The Balaban J connectivity index is 1.86. The van der Waals surface area contributed by atoms with Gasteiger partial charge in [0.15, 0.2) is 23.0 Å². The van der Waals surface area contributed by atoms with Crippen molar-refractivity contribution in [3.8, 4) is 34.5 Å². The molecule has 0 heterocycles. The summed E-state index contributed by atoms with van der Waals surface area (Å²) >= 11 is 0. The van der Waals surface area contributed by atoms with E-state index in [0.717, 1.165) is 12.1 Å². The SMILES string of the molecule is Oc1cc(O)c(O)c(C=NCCCN=Cc2cc(O)cc(O)c2O)c1. The fourth-order valence-electron chi connectivity index (χ4n) is 2.03. The predicted octanol–water partition coefficient (Wildman–Crippen LogP) is 1.85. The van der Waals surface area contributed by atoms with Gasteiger partial charge in [0.05, 0.1) is 0 Å². The molecule has 0 aromatic heterocycles. The molecule has 0 bridgehead atoms. The molecule has 2 rings (SSSR count). The molecule has 0 saturated heterocycles. The molecule has 6 N–H and O–H groups in total. The Morgan fingerprint density at radius 3 is 1.44 bits per heavy atom. The number of aliphatic imine (C=N–C) groups is 2. The van der Waals surface area contributed by atoms with Crippen LogP contribution in [0.2, 0.25) is 0 Å². The van der Waals surface area contributed by atoms with Crippen LogP contribution in [-0.2, 0) is 0 Å². The molecule has 8 heteroatoms. The first-order valence-electron chi connectivity index (χ1n) is 7.38. The van der Waals surface area contributed by atoms with Crippen molar-refractivity contribution in [3.63, 3.8) is 0 Å². The summed E-state index contributed by atoms with van der Waals surface area (Å²) in [6, 6.07) is 4.59. The van der Waals surface area contributed by atoms with Crippen LogP contribution in [0.25, 0.3) is 0 Å². The van der Waals surface area contributed by atoms with E-state index >= 15 is 0 Å². The van der Waals surface area contributed by atoms with E-state index in [9.17, 15) is 30.6 Å². The molecule has 132 valence electrons. The average Bonchev–Trinajstić information content (AvgIpc) is 2.55. The summed E-state index contributed by atoms with van der Waals surface area (Å²) < 4.78 is 0. The topological polar surface area (TPSA) is 146 Å². The van der Waals surface area contributed by atoms with Gasteiger partial charge in [0.2, 0.25) is 0 Å². The van der Waals surface area contributed by atoms with Crippen LogP contribution in [0.4, 0.5) is 0 Å². The van der Waals surface area contributed by atoms with Crippen molar-refractivity contribution in [3.05, 3.63) is 35.4 Å². The summed E-state index contributed by atoms with van der Waals surface area (Å²) in [6.07, 6.45) is 3.22. The highest BCUT2D eigenvalue weighted by Gasteiger charge is 2.07. The minimum atomic E-state index is -0.430. The van der Waals surface area contributed by atoms with Crippen molar-refractivity contribution in [2.75, 3.05) is 13.1 Å². The molecular formula is C17H18N2O6. The third kappa shape index (κ3) is 4.77. The predicted molar refractivity (Wildman–Crippen MR) is 92.4 cm³/mol. The van der Waals surface area contributed by atoms with Gasteiger partial charge in [-0.2, -0.15) is 0 Å². The number of hydrogen-bond acceptors (Lipinski definition) is 8. The van der Waals surface area contributed by atoms with E-state index in [4.69, 9.17) is 0 Å². The van der Waals surface area contributed by atoms with Crippen LogP contribution >= 0.6 is 0 Å². The van der Waals surface area contributed by atoms with E-state index < -0.39 is 11.5 Å². The van der Waals surface area contributed by atoms with Gasteiger partial charge >= 0.3 is 0 Å². The zero-order valence-electron chi connectivity index (χ0n) is 13.2. The maximum absolute atomic E-state index is 9.62. The fourth-order valence-corrected chi connectivity index (χ4v) is 2.03. The highest BCUT2D eigenvalue weighted by molar-refractivity contribution is 5.86. The molecule has 0 saturated carbocycles. The highest BCUT2D eigenvalue weighted by atomic mass is 16.3. The Morgan fingerprint density at radius 1 is 0.640 bits per heavy atom. The third-order valence-corrected chi connectivity index (χ3v) is 3.24. The van der Waals surface area contributed by atoms with Gasteiger partial charge in [0.1, 0.15) is 11.5 Å². The molecule has 2 aromatic carbocycles. The Labute approximate surface area is 143 Å². The van der Waals surface area contributed by atoms with Crippen LogP contribution in [0.3, 0.4) is 0 Å². The monoisotopic (exact) mass is 346 g/mol. The average molecular weight is 346 g/mol. The normalized spacial score (nSPS) is 11.5. The van der Waals surface area contributed by atoms with Crippen LogP contribution in [0.15, 0.2) is 34.3 Å². The number of phenols is 6. The van der Waals surface area contributed by atoms with E-state index in [-0.39, 0.29) is 34.1 Å². The molecule has 25 heavy (non-hydrogen) atoms. The molecular weight excluding hydrogens is 328 g/mol. The zero-order chi connectivity index (χ0) is 18.4. The number of phenolic OH excluding ortho intramolecular Hbond substituents is 6. The summed E-state index contributed by atoms with van der Waals surface area (Å²) in [4.78, 5) is 8.13. The summed E-state index contributed by atoms with van der Waals surface area (Å²) in [5, 5.41) is 56.7. The van der Waals surface area contributed by atoms with Gasteiger partial charge in [-0.3, -0.25) is 9.98 Å². The Kier molecular flexibility index (Phi) is 5.67. The van der Waals surface area contributed by atoms with Crippen molar-refractivity contribution in [1.82, 2.24) is 0 Å². The van der Waals surface area contributed by atoms with Crippen LogP contribution in [0, 0.1) is 0 Å². The van der Waals surface area contributed by atoms with Gasteiger partial charge in [-0.15, -0.1) is 0 Å². The van der Waals surface area contributed by atoms with Crippen molar-refractivity contribution in [1.29, 1.82) is 0 Å².